The Morgan fingerprint density at radius 2 is 2.04 bits per heavy atom. The van der Waals surface area contributed by atoms with Crippen LogP contribution in [-0.2, 0) is 19.4 Å². The first-order valence-corrected chi connectivity index (χ1v) is 9.76. The van der Waals surface area contributed by atoms with E-state index in [1.165, 1.54) is 28.4 Å². The second kappa shape index (κ2) is 5.11. The van der Waals surface area contributed by atoms with Crippen molar-refractivity contribution in [2.75, 3.05) is 11.4 Å². The molecular formula is C17H16BrN3OS. The van der Waals surface area contributed by atoms with Crippen LogP contribution in [-0.4, -0.2) is 22.3 Å². The van der Waals surface area contributed by atoms with E-state index in [1.807, 2.05) is 17.4 Å². The van der Waals surface area contributed by atoms with Gasteiger partial charge in [0, 0.05) is 35.7 Å². The summed E-state index contributed by atoms with van der Waals surface area (Å²) >= 11 is 5.51. The minimum Gasteiger partial charge on any atom is -0.350 e. The zero-order valence-electron chi connectivity index (χ0n) is 12.6. The van der Waals surface area contributed by atoms with Crippen LogP contribution in [0.3, 0.4) is 0 Å². The fourth-order valence-corrected chi connectivity index (χ4v) is 5.30. The molecule has 6 heteroatoms. The summed E-state index contributed by atoms with van der Waals surface area (Å²) in [5, 5.41) is 1.34. The molecule has 0 bridgehead atoms. The van der Waals surface area contributed by atoms with Crippen LogP contribution in [0.1, 0.15) is 56.8 Å². The van der Waals surface area contributed by atoms with Gasteiger partial charge in [-0.2, -0.15) is 0 Å². The third-order valence-corrected chi connectivity index (χ3v) is 6.73. The minimum absolute atomic E-state index is 0.220. The van der Waals surface area contributed by atoms with Crippen LogP contribution >= 0.6 is 27.3 Å². The van der Waals surface area contributed by atoms with Crippen LogP contribution < -0.4 is 4.90 Å². The quantitative estimate of drug-likeness (QED) is 0.781. The number of pyridine rings is 1. The molecule has 3 aliphatic rings. The number of aryl methyl sites for hydroxylation is 1. The highest BCUT2D eigenvalue weighted by Crippen LogP contribution is 2.44. The highest BCUT2D eigenvalue weighted by Gasteiger charge is 2.31. The van der Waals surface area contributed by atoms with Crippen LogP contribution in [0.2, 0.25) is 0 Å². The Balaban J connectivity index is 1.47. The first-order valence-electron chi connectivity index (χ1n) is 8.15. The number of aromatic nitrogens is 2. The van der Waals surface area contributed by atoms with Gasteiger partial charge in [-0.1, -0.05) is 0 Å². The van der Waals surface area contributed by atoms with Gasteiger partial charge in [-0.05, 0) is 41.3 Å². The average molecular weight is 390 g/mol. The Morgan fingerprint density at radius 1 is 1.17 bits per heavy atom. The molecule has 23 heavy (non-hydrogen) atoms. The van der Waals surface area contributed by atoms with Crippen molar-refractivity contribution in [2.45, 2.75) is 44.6 Å². The smallest absolute Gasteiger partial charge is 0.165 e. The summed E-state index contributed by atoms with van der Waals surface area (Å²) in [5.41, 5.74) is 3.05. The minimum atomic E-state index is 0.220. The normalized spacial score (nSPS) is 19.9. The number of anilines is 1. The molecule has 4 nitrogen and oxygen atoms in total. The van der Waals surface area contributed by atoms with Gasteiger partial charge in [-0.3, -0.25) is 4.79 Å². The number of hydrogen-bond donors (Lipinski definition) is 0. The molecule has 0 atom stereocenters. The third kappa shape index (κ3) is 2.34. The van der Waals surface area contributed by atoms with Crippen molar-refractivity contribution in [3.8, 4) is 0 Å². The van der Waals surface area contributed by atoms with Crippen molar-refractivity contribution in [3.63, 3.8) is 0 Å². The highest BCUT2D eigenvalue weighted by atomic mass is 79.9. The van der Waals surface area contributed by atoms with E-state index in [4.69, 9.17) is 9.97 Å². The molecule has 0 amide bonds. The van der Waals surface area contributed by atoms with Gasteiger partial charge in [0.15, 0.2) is 5.78 Å². The number of nitrogens with zero attached hydrogens (tertiary/aromatic N) is 3. The van der Waals surface area contributed by atoms with Crippen molar-refractivity contribution >= 4 is 38.9 Å². The van der Waals surface area contributed by atoms with E-state index in [0.29, 0.717) is 6.42 Å². The van der Waals surface area contributed by atoms with Crippen LogP contribution in [0.4, 0.5) is 5.82 Å². The maximum absolute atomic E-state index is 11.9. The number of thiazole rings is 1. The van der Waals surface area contributed by atoms with Crippen LogP contribution in [0, 0.1) is 0 Å². The van der Waals surface area contributed by atoms with Gasteiger partial charge >= 0.3 is 0 Å². The number of ketones is 1. The Hall–Kier alpha value is -1.27. The number of Topliss-reactive ketones (excluding diaryl/α,β-unsaturated/α-hetero) is 1. The number of fused-ring (bicyclic) bond motifs is 2. The molecule has 0 spiro atoms. The Morgan fingerprint density at radius 3 is 2.87 bits per heavy atom. The summed E-state index contributed by atoms with van der Waals surface area (Å²) in [6.07, 6.45) is 4.98. The predicted octanol–water partition coefficient (Wildman–Crippen LogP) is 3.87. The second-order valence-corrected chi connectivity index (χ2v) is 8.55. The molecule has 0 radical (unpaired) electrons. The largest absolute Gasteiger partial charge is 0.350 e. The Labute approximate surface area is 147 Å². The molecule has 1 aliphatic heterocycles. The molecule has 3 heterocycles. The van der Waals surface area contributed by atoms with Crippen molar-refractivity contribution in [1.82, 2.24) is 9.97 Å². The molecule has 2 aromatic heterocycles. The van der Waals surface area contributed by atoms with Crippen molar-refractivity contribution in [2.24, 2.45) is 0 Å². The van der Waals surface area contributed by atoms with Crippen molar-refractivity contribution in [3.05, 3.63) is 37.4 Å². The lowest BCUT2D eigenvalue weighted by Crippen LogP contribution is -2.31. The molecule has 118 valence electrons. The number of rotatable bonds is 2. The second-order valence-electron chi connectivity index (χ2n) is 6.58. The molecule has 0 N–H and O–H groups in total. The third-order valence-electron chi connectivity index (χ3n) is 4.90. The van der Waals surface area contributed by atoms with E-state index < -0.39 is 0 Å². The Kier molecular flexibility index (Phi) is 3.14. The monoisotopic (exact) mass is 389 g/mol. The maximum Gasteiger partial charge on any atom is 0.165 e. The van der Waals surface area contributed by atoms with Gasteiger partial charge in [-0.25, -0.2) is 9.97 Å². The summed E-state index contributed by atoms with van der Waals surface area (Å²) in [7, 11) is 0. The zero-order chi connectivity index (χ0) is 15.6. The number of carbonyl (C=O) groups is 1. The lowest BCUT2D eigenvalue weighted by atomic mass is 10.1. The summed E-state index contributed by atoms with van der Waals surface area (Å²) in [4.78, 5) is 25.2. The molecular weight excluding hydrogens is 374 g/mol. The van der Waals surface area contributed by atoms with Crippen LogP contribution in [0.25, 0.3) is 0 Å². The SMILES string of the molecule is O=C1CCc2nc(N3CCc4nc(C5CC5)sc4C3)c(Br)cc21. The topological polar surface area (TPSA) is 46.1 Å². The first kappa shape index (κ1) is 14.1. The fourth-order valence-electron chi connectivity index (χ4n) is 3.44. The predicted molar refractivity (Wildman–Crippen MR) is 93.4 cm³/mol. The lowest BCUT2D eigenvalue weighted by molar-refractivity contribution is 0.0994. The molecule has 2 aliphatic carbocycles. The van der Waals surface area contributed by atoms with Gasteiger partial charge < -0.3 is 4.90 Å². The number of carbonyl (C=O) groups excluding carboxylic acids is 1. The average Bonchev–Trinajstić information content (AvgIpc) is 3.22. The van der Waals surface area contributed by atoms with Gasteiger partial charge in [0.25, 0.3) is 0 Å². The summed E-state index contributed by atoms with van der Waals surface area (Å²) < 4.78 is 0.932. The first-order chi connectivity index (χ1) is 11.2. The molecule has 0 saturated heterocycles. The highest BCUT2D eigenvalue weighted by molar-refractivity contribution is 9.10. The molecule has 1 fully saturated rings. The molecule has 5 rings (SSSR count). The summed E-state index contributed by atoms with van der Waals surface area (Å²) in [6, 6.07) is 1.96. The number of hydrogen-bond acceptors (Lipinski definition) is 5. The van der Waals surface area contributed by atoms with Crippen molar-refractivity contribution < 1.29 is 4.79 Å². The zero-order valence-corrected chi connectivity index (χ0v) is 15.0. The summed E-state index contributed by atoms with van der Waals surface area (Å²) in [5.74, 6) is 1.93. The van der Waals surface area contributed by atoms with Gasteiger partial charge in [-0.15, -0.1) is 11.3 Å². The van der Waals surface area contributed by atoms with Crippen LogP contribution in [0.5, 0.6) is 0 Å². The fraction of sp³-hybridized carbons (Fsp3) is 0.471. The molecule has 0 unspecified atom stereocenters. The molecule has 0 aromatic carbocycles. The van der Waals surface area contributed by atoms with E-state index in [-0.39, 0.29) is 5.78 Å². The summed E-state index contributed by atoms with van der Waals surface area (Å²) in [6.45, 7) is 1.83. The van der Waals surface area contributed by atoms with Crippen LogP contribution in [0.15, 0.2) is 10.5 Å². The van der Waals surface area contributed by atoms with E-state index >= 15 is 0 Å². The molecule has 2 aromatic rings. The van der Waals surface area contributed by atoms with E-state index in [2.05, 4.69) is 20.8 Å². The standard InChI is InChI=1S/C17H16BrN3OS/c18-11-7-10-12(3-4-14(10)22)19-16(11)21-6-5-13-15(8-21)23-17(20-13)9-1-2-9/h7,9H,1-6,8H2. The maximum atomic E-state index is 11.9. The van der Waals surface area contributed by atoms with E-state index in [0.717, 1.165) is 53.4 Å². The van der Waals surface area contributed by atoms with E-state index in [1.54, 1.807) is 0 Å². The van der Waals surface area contributed by atoms with Gasteiger partial charge in [0.2, 0.25) is 0 Å². The van der Waals surface area contributed by atoms with E-state index in [9.17, 15) is 4.79 Å². The van der Waals surface area contributed by atoms with Crippen molar-refractivity contribution in [1.29, 1.82) is 0 Å². The van der Waals surface area contributed by atoms with Gasteiger partial charge in [0.05, 0.1) is 27.4 Å². The molecule has 1 saturated carbocycles. The Bertz CT molecular complexity index is 827. The lowest BCUT2D eigenvalue weighted by Gasteiger charge is -2.28. The number of halogens is 1. The van der Waals surface area contributed by atoms with Gasteiger partial charge in [0.1, 0.15) is 5.82 Å².